The summed E-state index contributed by atoms with van der Waals surface area (Å²) in [6, 6.07) is 3.19. The van der Waals surface area contributed by atoms with Gasteiger partial charge in [0.05, 0.1) is 5.56 Å². The maximum absolute atomic E-state index is 11.8. The third-order valence-corrected chi connectivity index (χ3v) is 4.40. The Hall–Kier alpha value is -3.87. The van der Waals surface area contributed by atoms with Gasteiger partial charge in [-0.05, 0) is 18.2 Å². The van der Waals surface area contributed by atoms with E-state index < -0.39 is 72.9 Å². The molecule has 1 fully saturated rings. The maximum Gasteiger partial charge on any atom is 0.335 e. The van der Waals surface area contributed by atoms with E-state index in [9.17, 15) is 29.1 Å². The van der Waals surface area contributed by atoms with E-state index in [0.717, 1.165) is 45.9 Å². The van der Waals surface area contributed by atoms with E-state index >= 15 is 0 Å². The first kappa shape index (κ1) is 26.4. The van der Waals surface area contributed by atoms with Crippen LogP contribution in [0.2, 0.25) is 0 Å². The number of aromatic hydroxyl groups is 1. The van der Waals surface area contributed by atoms with Crippen LogP contribution in [0.3, 0.4) is 0 Å². The molecule has 0 saturated carbocycles. The summed E-state index contributed by atoms with van der Waals surface area (Å²) in [7, 11) is 0. The highest BCUT2D eigenvalue weighted by molar-refractivity contribution is 5.88. The van der Waals surface area contributed by atoms with Gasteiger partial charge in [0.1, 0.15) is 12.7 Å². The van der Waals surface area contributed by atoms with Gasteiger partial charge in [-0.1, -0.05) is 0 Å². The Morgan fingerprint density at radius 2 is 1.41 bits per heavy atom. The number of benzene rings is 1. The van der Waals surface area contributed by atoms with Crippen LogP contribution in [0.1, 0.15) is 38.1 Å². The molecular weight excluding hydrogens is 460 g/mol. The molecule has 0 bridgehead atoms. The van der Waals surface area contributed by atoms with Gasteiger partial charge in [0.25, 0.3) is 0 Å². The van der Waals surface area contributed by atoms with Crippen LogP contribution in [0.4, 0.5) is 0 Å². The number of carbonyl (C=O) groups is 5. The minimum absolute atomic E-state index is 0.230. The molecule has 0 unspecified atom stereocenters. The monoisotopic (exact) mass is 484 g/mol. The number of hydrogen-bond donors (Lipinski definition) is 2. The highest BCUT2D eigenvalue weighted by Gasteiger charge is 2.53. The van der Waals surface area contributed by atoms with E-state index in [1.807, 2.05) is 0 Å². The molecular formula is C21H24O13. The molecule has 1 aromatic carbocycles. The summed E-state index contributed by atoms with van der Waals surface area (Å²) >= 11 is 0. The quantitative estimate of drug-likeness (QED) is 0.386. The van der Waals surface area contributed by atoms with Gasteiger partial charge < -0.3 is 38.6 Å². The van der Waals surface area contributed by atoms with E-state index in [4.69, 9.17) is 33.5 Å². The normalized spacial score (nSPS) is 23.8. The van der Waals surface area contributed by atoms with Crippen molar-refractivity contribution in [2.24, 2.45) is 0 Å². The number of rotatable bonds is 8. The van der Waals surface area contributed by atoms with E-state index in [1.165, 1.54) is 0 Å². The number of hydrogen-bond acceptors (Lipinski definition) is 12. The molecule has 1 aliphatic rings. The Kier molecular flexibility index (Phi) is 8.78. The van der Waals surface area contributed by atoms with E-state index in [-0.39, 0.29) is 11.3 Å². The number of ether oxygens (including phenoxy) is 6. The van der Waals surface area contributed by atoms with Crippen LogP contribution >= 0.6 is 0 Å². The largest absolute Gasteiger partial charge is 0.504 e. The second-order valence-corrected chi connectivity index (χ2v) is 7.17. The lowest BCUT2D eigenvalue weighted by Gasteiger charge is -2.43. The summed E-state index contributed by atoms with van der Waals surface area (Å²) in [6.07, 6.45) is -7.13. The zero-order valence-corrected chi connectivity index (χ0v) is 18.7. The van der Waals surface area contributed by atoms with Gasteiger partial charge in [-0.15, -0.1) is 0 Å². The molecule has 13 heteroatoms. The summed E-state index contributed by atoms with van der Waals surface area (Å²) in [4.78, 5) is 57.7. The summed E-state index contributed by atoms with van der Waals surface area (Å²) in [5.41, 5.74) is -0.230. The van der Waals surface area contributed by atoms with Crippen molar-refractivity contribution >= 4 is 29.8 Å². The third-order valence-electron chi connectivity index (χ3n) is 4.40. The number of carboxylic acids is 1. The average molecular weight is 484 g/mol. The lowest BCUT2D eigenvalue weighted by Crippen LogP contribution is -2.63. The zero-order chi connectivity index (χ0) is 25.6. The van der Waals surface area contributed by atoms with Crippen LogP contribution in [-0.4, -0.2) is 77.4 Å². The molecule has 2 rings (SSSR count). The summed E-state index contributed by atoms with van der Waals surface area (Å²) in [6.45, 7) is 3.89. The molecule has 0 amide bonds. The number of esters is 4. The SMILES string of the molecule is CC(=O)OC[C@@H]1O[C@H](Oc2ccc(C(=O)O)cc2O)[C@@H](OC(C)=O)[C@H](OC(C)=O)[C@@H]1OC(C)=O. The smallest absolute Gasteiger partial charge is 0.335 e. The van der Waals surface area contributed by atoms with Crippen molar-refractivity contribution in [2.75, 3.05) is 6.61 Å². The van der Waals surface area contributed by atoms with Crippen molar-refractivity contribution in [1.29, 1.82) is 0 Å². The van der Waals surface area contributed by atoms with Crippen LogP contribution < -0.4 is 4.74 Å². The highest BCUT2D eigenvalue weighted by Crippen LogP contribution is 2.34. The summed E-state index contributed by atoms with van der Waals surface area (Å²) < 4.78 is 32.1. The first-order valence-electron chi connectivity index (χ1n) is 9.92. The summed E-state index contributed by atoms with van der Waals surface area (Å²) in [5.74, 6) is -5.26. The first-order valence-corrected chi connectivity index (χ1v) is 9.92. The third kappa shape index (κ3) is 7.07. The topological polar surface area (TPSA) is 181 Å². The molecule has 0 aliphatic carbocycles. The van der Waals surface area contributed by atoms with Crippen LogP contribution in [0.25, 0.3) is 0 Å². The molecule has 1 saturated heterocycles. The predicted molar refractivity (Wildman–Crippen MR) is 108 cm³/mol. The molecule has 5 atom stereocenters. The number of phenolic OH excluding ortho intramolecular Hbond substituents is 1. The summed E-state index contributed by atoms with van der Waals surface area (Å²) in [5, 5.41) is 19.2. The molecule has 186 valence electrons. The van der Waals surface area contributed by atoms with Gasteiger partial charge in [-0.25, -0.2) is 4.79 Å². The van der Waals surface area contributed by atoms with Crippen LogP contribution in [0.5, 0.6) is 11.5 Å². The van der Waals surface area contributed by atoms with Gasteiger partial charge in [0.2, 0.25) is 12.4 Å². The Morgan fingerprint density at radius 3 is 1.91 bits per heavy atom. The van der Waals surface area contributed by atoms with Crippen molar-refractivity contribution in [2.45, 2.75) is 58.4 Å². The van der Waals surface area contributed by atoms with Gasteiger partial charge in [0.15, 0.2) is 23.7 Å². The van der Waals surface area contributed by atoms with Crippen molar-refractivity contribution in [3.8, 4) is 11.5 Å². The Balaban J connectivity index is 2.49. The minimum Gasteiger partial charge on any atom is -0.504 e. The Morgan fingerprint density at radius 1 is 0.853 bits per heavy atom. The molecule has 1 aromatic rings. The predicted octanol–water partition coefficient (Wildman–Crippen LogP) is 0.552. The number of carboxylic acid groups (broad SMARTS) is 1. The van der Waals surface area contributed by atoms with Crippen LogP contribution in [-0.2, 0) is 42.9 Å². The first-order chi connectivity index (χ1) is 15.9. The molecule has 13 nitrogen and oxygen atoms in total. The fraction of sp³-hybridized carbons (Fsp3) is 0.476. The molecule has 1 aliphatic heterocycles. The fourth-order valence-electron chi connectivity index (χ4n) is 3.16. The number of phenols is 1. The van der Waals surface area contributed by atoms with Crippen molar-refractivity contribution in [1.82, 2.24) is 0 Å². The molecule has 2 N–H and O–H groups in total. The maximum atomic E-state index is 11.8. The lowest BCUT2D eigenvalue weighted by atomic mass is 9.98. The molecule has 1 heterocycles. The minimum atomic E-state index is -1.57. The van der Waals surface area contributed by atoms with E-state index in [2.05, 4.69) is 0 Å². The van der Waals surface area contributed by atoms with Gasteiger partial charge in [-0.2, -0.15) is 0 Å². The van der Waals surface area contributed by atoms with Gasteiger partial charge >= 0.3 is 29.8 Å². The molecule has 34 heavy (non-hydrogen) atoms. The molecule has 0 radical (unpaired) electrons. The second-order valence-electron chi connectivity index (χ2n) is 7.17. The number of carbonyl (C=O) groups excluding carboxylic acids is 4. The Bertz CT molecular complexity index is 956. The average Bonchev–Trinajstić information content (AvgIpc) is 2.71. The molecule has 0 spiro atoms. The second kappa shape index (κ2) is 11.3. The fourth-order valence-corrected chi connectivity index (χ4v) is 3.16. The number of aromatic carboxylic acids is 1. The van der Waals surface area contributed by atoms with E-state index in [0.29, 0.717) is 0 Å². The Labute approximate surface area is 193 Å². The zero-order valence-electron chi connectivity index (χ0n) is 18.7. The van der Waals surface area contributed by atoms with Crippen LogP contribution in [0.15, 0.2) is 18.2 Å². The van der Waals surface area contributed by atoms with Crippen molar-refractivity contribution < 1.29 is 62.6 Å². The van der Waals surface area contributed by atoms with Gasteiger partial charge in [0, 0.05) is 27.7 Å². The lowest BCUT2D eigenvalue weighted by molar-refractivity contribution is -0.288. The standard InChI is InChI=1S/C21H24O13/c1-9(22)29-8-16-17(30-10(2)23)18(31-11(3)24)19(32-12(4)25)21(34-16)33-15-6-5-13(20(27)28)7-14(15)26/h5-7,16-19,21,26H,8H2,1-4H3,(H,27,28)/t16-,17+,18+,19-,21-/m0/s1. The van der Waals surface area contributed by atoms with E-state index in [1.54, 1.807) is 0 Å². The van der Waals surface area contributed by atoms with Crippen LogP contribution in [0, 0.1) is 0 Å². The van der Waals surface area contributed by atoms with Gasteiger partial charge in [-0.3, -0.25) is 19.2 Å². The van der Waals surface area contributed by atoms with Crippen molar-refractivity contribution in [3.05, 3.63) is 23.8 Å². The van der Waals surface area contributed by atoms with Crippen molar-refractivity contribution in [3.63, 3.8) is 0 Å². The molecule has 0 aromatic heterocycles. The highest BCUT2D eigenvalue weighted by atomic mass is 16.7.